The number of hydrogen-bond acceptors (Lipinski definition) is 4. The number of halogens is 1. The summed E-state index contributed by atoms with van der Waals surface area (Å²) in [5.41, 5.74) is 2.46. The zero-order valence-corrected chi connectivity index (χ0v) is 20.6. The van der Waals surface area contributed by atoms with Gasteiger partial charge in [0.05, 0.1) is 6.61 Å². The summed E-state index contributed by atoms with van der Waals surface area (Å²) in [5, 5.41) is 1.28. The van der Waals surface area contributed by atoms with Crippen molar-refractivity contribution in [3.8, 4) is 11.5 Å². The first-order valence-corrected chi connectivity index (χ1v) is 12.2. The lowest BCUT2D eigenvalue weighted by Crippen LogP contribution is -2.41. The van der Waals surface area contributed by atoms with Gasteiger partial charge in [-0.2, -0.15) is 0 Å². The van der Waals surface area contributed by atoms with E-state index < -0.39 is 0 Å². The molecule has 174 valence electrons. The van der Waals surface area contributed by atoms with Gasteiger partial charge < -0.3 is 14.4 Å². The van der Waals surface area contributed by atoms with Crippen LogP contribution in [0.4, 0.5) is 0 Å². The quantitative estimate of drug-likeness (QED) is 0.353. The minimum absolute atomic E-state index is 0.0181. The van der Waals surface area contributed by atoms with E-state index in [0.717, 1.165) is 36.8 Å². The van der Waals surface area contributed by atoms with Crippen LogP contribution < -0.4 is 9.47 Å². The van der Waals surface area contributed by atoms with Crippen LogP contribution in [-0.4, -0.2) is 40.5 Å². The Hall–Kier alpha value is -2.57. The molecule has 33 heavy (non-hydrogen) atoms. The number of thiocarbonyl (C=S) groups is 1. The van der Waals surface area contributed by atoms with Crippen molar-refractivity contribution in [1.29, 1.82) is 0 Å². The molecule has 0 atom stereocenters. The lowest BCUT2D eigenvalue weighted by atomic mass is 9.94. The third-order valence-corrected chi connectivity index (χ3v) is 6.83. The fraction of sp³-hybridized carbons (Fsp3) is 0.385. The molecule has 2 aromatic carbocycles. The number of benzene rings is 2. The number of likely N-dealkylation sites (N-methyl/N-ethyl adjacent to an activating group) is 1. The SMILES string of the molecule is CCOc1cc(/C=C2/C(=O)N(C3CCCCC3)C(=S)N2C)ccc1OCc1ccc(Cl)cc1. The summed E-state index contributed by atoms with van der Waals surface area (Å²) in [6.07, 6.45) is 7.44. The zero-order chi connectivity index (χ0) is 23.4. The van der Waals surface area contributed by atoms with E-state index in [-0.39, 0.29) is 11.9 Å². The maximum Gasteiger partial charge on any atom is 0.277 e. The highest BCUT2D eigenvalue weighted by Gasteiger charge is 2.40. The largest absolute Gasteiger partial charge is 0.490 e. The van der Waals surface area contributed by atoms with Gasteiger partial charge in [0.1, 0.15) is 12.3 Å². The second-order valence-electron chi connectivity index (χ2n) is 8.39. The Labute approximate surface area is 205 Å². The summed E-state index contributed by atoms with van der Waals surface area (Å²) < 4.78 is 11.8. The predicted octanol–water partition coefficient (Wildman–Crippen LogP) is 6.05. The van der Waals surface area contributed by atoms with Gasteiger partial charge in [-0.3, -0.25) is 9.69 Å². The Kier molecular flexibility index (Phi) is 7.56. The number of carbonyl (C=O) groups excluding carboxylic acids is 1. The van der Waals surface area contributed by atoms with E-state index in [2.05, 4.69) is 0 Å². The Bertz CT molecular complexity index is 1050. The molecule has 1 heterocycles. The van der Waals surface area contributed by atoms with Gasteiger partial charge in [-0.15, -0.1) is 0 Å². The smallest absolute Gasteiger partial charge is 0.277 e. The standard InChI is InChI=1S/C26H29ClN2O3S/c1-3-31-24-16-19(11-14-23(24)32-17-18-9-12-20(27)13-10-18)15-22-25(30)29(26(33)28(22)2)21-7-5-4-6-8-21/h9-16,21H,3-8,17H2,1-2H3/b22-15-. The molecule has 0 radical (unpaired) electrons. The molecule has 0 bridgehead atoms. The maximum atomic E-state index is 13.3. The van der Waals surface area contributed by atoms with Gasteiger partial charge in [0.25, 0.3) is 5.91 Å². The third-order valence-electron chi connectivity index (χ3n) is 6.11. The molecule has 5 nitrogen and oxygen atoms in total. The molecule has 1 saturated heterocycles. The summed E-state index contributed by atoms with van der Waals surface area (Å²) in [6.45, 7) is 2.85. The molecular formula is C26H29ClN2O3S. The van der Waals surface area contributed by atoms with Gasteiger partial charge in [0, 0.05) is 18.1 Å². The van der Waals surface area contributed by atoms with Crippen molar-refractivity contribution in [2.45, 2.75) is 51.7 Å². The number of ether oxygens (including phenoxy) is 2. The Morgan fingerprint density at radius 2 is 1.79 bits per heavy atom. The van der Waals surface area contributed by atoms with Crippen LogP contribution in [-0.2, 0) is 11.4 Å². The zero-order valence-electron chi connectivity index (χ0n) is 19.1. The minimum atomic E-state index is -0.0181. The summed E-state index contributed by atoms with van der Waals surface area (Å²) in [5.74, 6) is 1.27. The van der Waals surface area contributed by atoms with Crippen LogP contribution in [0.1, 0.15) is 50.2 Å². The van der Waals surface area contributed by atoms with Crippen LogP contribution in [0.15, 0.2) is 48.2 Å². The van der Waals surface area contributed by atoms with Crippen molar-refractivity contribution in [3.63, 3.8) is 0 Å². The highest BCUT2D eigenvalue weighted by molar-refractivity contribution is 7.80. The number of hydrogen-bond donors (Lipinski definition) is 0. The van der Waals surface area contributed by atoms with E-state index in [4.69, 9.17) is 33.3 Å². The van der Waals surface area contributed by atoms with Gasteiger partial charge in [0.15, 0.2) is 16.6 Å². The van der Waals surface area contributed by atoms with Gasteiger partial charge in [-0.05, 0) is 73.5 Å². The molecule has 7 heteroatoms. The minimum Gasteiger partial charge on any atom is -0.490 e. The van der Waals surface area contributed by atoms with Crippen molar-refractivity contribution in [1.82, 2.24) is 9.80 Å². The van der Waals surface area contributed by atoms with Gasteiger partial charge in [-0.25, -0.2) is 0 Å². The van der Waals surface area contributed by atoms with E-state index in [1.54, 1.807) is 0 Å². The lowest BCUT2D eigenvalue weighted by molar-refractivity contribution is -0.124. The molecule has 0 aromatic heterocycles. The van der Waals surface area contributed by atoms with Gasteiger partial charge in [0.2, 0.25) is 0 Å². The summed E-state index contributed by atoms with van der Waals surface area (Å²) >= 11 is 11.6. The van der Waals surface area contributed by atoms with E-state index in [0.29, 0.717) is 40.5 Å². The fourth-order valence-electron chi connectivity index (χ4n) is 4.34. The van der Waals surface area contributed by atoms with Crippen molar-refractivity contribution in [2.24, 2.45) is 0 Å². The van der Waals surface area contributed by atoms with E-state index in [1.807, 2.05) is 72.3 Å². The Morgan fingerprint density at radius 3 is 2.48 bits per heavy atom. The topological polar surface area (TPSA) is 42.0 Å². The van der Waals surface area contributed by atoms with E-state index in [9.17, 15) is 4.79 Å². The first-order chi connectivity index (χ1) is 16.0. The second kappa shape index (κ2) is 10.6. The van der Waals surface area contributed by atoms with Gasteiger partial charge in [-0.1, -0.05) is 49.1 Å². The van der Waals surface area contributed by atoms with Crippen LogP contribution in [0.5, 0.6) is 11.5 Å². The number of rotatable bonds is 7. The number of nitrogens with zero attached hydrogens (tertiary/aromatic N) is 2. The number of carbonyl (C=O) groups is 1. The van der Waals surface area contributed by atoms with Crippen molar-refractivity contribution >= 4 is 40.9 Å². The summed E-state index contributed by atoms with van der Waals surface area (Å²) in [7, 11) is 1.86. The Balaban J connectivity index is 1.54. The van der Waals surface area contributed by atoms with Crippen LogP contribution in [0.3, 0.4) is 0 Å². The average Bonchev–Trinajstić information content (AvgIpc) is 3.03. The molecule has 1 aliphatic carbocycles. The Morgan fingerprint density at radius 1 is 1.06 bits per heavy atom. The van der Waals surface area contributed by atoms with Crippen molar-refractivity contribution < 1.29 is 14.3 Å². The predicted molar refractivity (Wildman–Crippen MR) is 135 cm³/mol. The van der Waals surface area contributed by atoms with Crippen LogP contribution >= 0.6 is 23.8 Å². The highest BCUT2D eigenvalue weighted by Crippen LogP contribution is 2.33. The molecule has 1 amide bonds. The van der Waals surface area contributed by atoms with Crippen LogP contribution in [0.2, 0.25) is 5.02 Å². The molecule has 0 spiro atoms. The highest BCUT2D eigenvalue weighted by atomic mass is 35.5. The normalized spacial score (nSPS) is 18.3. The summed E-state index contributed by atoms with van der Waals surface area (Å²) in [6, 6.07) is 13.5. The second-order valence-corrected chi connectivity index (χ2v) is 9.19. The first-order valence-electron chi connectivity index (χ1n) is 11.4. The molecule has 1 aliphatic heterocycles. The van der Waals surface area contributed by atoms with Crippen molar-refractivity contribution in [3.05, 3.63) is 64.3 Å². The van der Waals surface area contributed by atoms with Gasteiger partial charge >= 0.3 is 0 Å². The molecule has 2 aliphatic rings. The molecule has 0 unspecified atom stereocenters. The molecule has 4 rings (SSSR count). The van der Waals surface area contributed by atoms with Crippen molar-refractivity contribution in [2.75, 3.05) is 13.7 Å². The van der Waals surface area contributed by atoms with E-state index >= 15 is 0 Å². The maximum absolute atomic E-state index is 13.3. The molecule has 2 fully saturated rings. The molecule has 2 aromatic rings. The fourth-order valence-corrected chi connectivity index (χ4v) is 4.80. The van der Waals surface area contributed by atoms with Crippen LogP contribution in [0.25, 0.3) is 6.08 Å². The lowest BCUT2D eigenvalue weighted by Gasteiger charge is -2.30. The molecule has 0 N–H and O–H groups in total. The molecular weight excluding hydrogens is 456 g/mol. The number of amides is 1. The average molecular weight is 485 g/mol. The monoisotopic (exact) mass is 484 g/mol. The van der Waals surface area contributed by atoms with Crippen LogP contribution in [0, 0.1) is 0 Å². The summed E-state index contributed by atoms with van der Waals surface area (Å²) in [4.78, 5) is 16.9. The molecule has 1 saturated carbocycles. The van der Waals surface area contributed by atoms with E-state index in [1.165, 1.54) is 6.42 Å². The first kappa shape index (κ1) is 23.6. The third kappa shape index (κ3) is 5.33.